The highest BCUT2D eigenvalue weighted by Gasteiger charge is 2.42. The molecule has 5 unspecified atom stereocenters. The van der Waals surface area contributed by atoms with E-state index < -0.39 is 0 Å². The fourth-order valence-corrected chi connectivity index (χ4v) is 2.90. The van der Waals surface area contributed by atoms with Gasteiger partial charge in [0, 0.05) is 24.7 Å². The number of hydrazine groups is 1. The van der Waals surface area contributed by atoms with Crippen molar-refractivity contribution in [3.8, 4) is 0 Å². The number of ether oxygens (including phenoxy) is 1. The Morgan fingerprint density at radius 3 is 2.53 bits per heavy atom. The van der Waals surface area contributed by atoms with Gasteiger partial charge in [0.05, 0.1) is 24.4 Å². The van der Waals surface area contributed by atoms with Crippen LogP contribution in [0.4, 0.5) is 0 Å². The van der Waals surface area contributed by atoms with Crippen molar-refractivity contribution in [1.29, 1.82) is 0 Å². The van der Waals surface area contributed by atoms with E-state index in [1.54, 1.807) is 4.68 Å². The summed E-state index contributed by atoms with van der Waals surface area (Å²) in [6.45, 7) is 6.46. The van der Waals surface area contributed by atoms with Crippen LogP contribution < -0.4 is 11.3 Å². The quantitative estimate of drug-likeness (QED) is 0.608. The molecule has 3 N–H and O–H groups in total. The van der Waals surface area contributed by atoms with E-state index in [1.165, 1.54) is 0 Å². The van der Waals surface area contributed by atoms with Gasteiger partial charge in [0.25, 0.3) is 0 Å². The lowest BCUT2D eigenvalue weighted by atomic mass is 9.81. The molecule has 96 valence electrons. The van der Waals surface area contributed by atoms with E-state index in [0.717, 1.165) is 5.56 Å². The zero-order valence-corrected chi connectivity index (χ0v) is 10.9. The first kappa shape index (κ1) is 12.5. The fourth-order valence-electron chi connectivity index (χ4n) is 2.90. The fraction of sp³-hybridized carbons (Fsp3) is 0.750. The SMILES string of the molecule is CC1OC(C)C(C(NN)c2cnn(C)c2)C1C. The maximum Gasteiger partial charge on any atom is 0.0601 e. The van der Waals surface area contributed by atoms with Crippen LogP contribution >= 0.6 is 0 Å². The summed E-state index contributed by atoms with van der Waals surface area (Å²) in [6.07, 6.45) is 4.36. The minimum atomic E-state index is 0.0960. The minimum Gasteiger partial charge on any atom is -0.375 e. The molecule has 2 heterocycles. The van der Waals surface area contributed by atoms with E-state index in [2.05, 4.69) is 31.3 Å². The molecule has 5 atom stereocenters. The van der Waals surface area contributed by atoms with E-state index in [9.17, 15) is 0 Å². The lowest BCUT2D eigenvalue weighted by Gasteiger charge is -2.27. The van der Waals surface area contributed by atoms with Crippen molar-refractivity contribution in [2.24, 2.45) is 24.7 Å². The first-order valence-electron chi connectivity index (χ1n) is 6.14. The van der Waals surface area contributed by atoms with Gasteiger partial charge >= 0.3 is 0 Å². The summed E-state index contributed by atoms with van der Waals surface area (Å²) in [7, 11) is 1.91. The van der Waals surface area contributed by atoms with Crippen molar-refractivity contribution in [3.63, 3.8) is 0 Å². The van der Waals surface area contributed by atoms with Crippen molar-refractivity contribution < 1.29 is 4.74 Å². The number of hydrogen-bond acceptors (Lipinski definition) is 4. The zero-order valence-electron chi connectivity index (χ0n) is 10.9. The van der Waals surface area contributed by atoms with Gasteiger partial charge in [-0.2, -0.15) is 5.10 Å². The third-order valence-electron chi connectivity index (χ3n) is 3.97. The summed E-state index contributed by atoms with van der Waals surface area (Å²) in [6, 6.07) is 0.0960. The third-order valence-corrected chi connectivity index (χ3v) is 3.97. The molecule has 0 spiro atoms. The molecule has 0 bridgehead atoms. The molecule has 1 aliphatic rings. The monoisotopic (exact) mass is 238 g/mol. The molecule has 5 heteroatoms. The van der Waals surface area contributed by atoms with Crippen molar-refractivity contribution in [1.82, 2.24) is 15.2 Å². The van der Waals surface area contributed by atoms with Crippen LogP contribution in [0.15, 0.2) is 12.4 Å². The lowest BCUT2D eigenvalue weighted by molar-refractivity contribution is 0.0475. The Balaban J connectivity index is 2.24. The van der Waals surface area contributed by atoms with Gasteiger partial charge in [-0.15, -0.1) is 0 Å². The van der Waals surface area contributed by atoms with Crippen molar-refractivity contribution >= 4 is 0 Å². The summed E-state index contributed by atoms with van der Waals surface area (Å²) >= 11 is 0. The molecule has 5 nitrogen and oxygen atoms in total. The number of nitrogens with zero attached hydrogens (tertiary/aromatic N) is 2. The van der Waals surface area contributed by atoms with Crippen LogP contribution in [-0.4, -0.2) is 22.0 Å². The van der Waals surface area contributed by atoms with Crippen LogP contribution in [0, 0.1) is 11.8 Å². The Morgan fingerprint density at radius 2 is 2.12 bits per heavy atom. The van der Waals surface area contributed by atoms with Crippen LogP contribution in [-0.2, 0) is 11.8 Å². The predicted octanol–water partition coefficient (Wildman–Crippen LogP) is 0.984. The molecule has 1 aromatic heterocycles. The van der Waals surface area contributed by atoms with E-state index in [1.807, 2.05) is 19.4 Å². The van der Waals surface area contributed by atoms with E-state index in [0.29, 0.717) is 11.8 Å². The topological polar surface area (TPSA) is 65.1 Å². The van der Waals surface area contributed by atoms with E-state index >= 15 is 0 Å². The Labute approximate surface area is 102 Å². The van der Waals surface area contributed by atoms with Crippen LogP contribution in [0.3, 0.4) is 0 Å². The Kier molecular flexibility index (Phi) is 3.51. The Morgan fingerprint density at radius 1 is 1.41 bits per heavy atom. The number of aryl methyl sites for hydroxylation is 1. The number of aromatic nitrogens is 2. The number of nitrogens with one attached hydrogen (secondary N) is 1. The van der Waals surface area contributed by atoms with Gasteiger partial charge in [0.2, 0.25) is 0 Å². The standard InChI is InChI=1S/C12H22N4O/c1-7-8(2)17-9(3)11(7)12(15-13)10-5-14-16(4)6-10/h5-9,11-12,15H,13H2,1-4H3. The van der Waals surface area contributed by atoms with Gasteiger partial charge < -0.3 is 4.74 Å². The highest BCUT2D eigenvalue weighted by molar-refractivity contribution is 5.13. The average Bonchev–Trinajstić information content (AvgIpc) is 2.79. The first-order valence-corrected chi connectivity index (χ1v) is 6.14. The average molecular weight is 238 g/mol. The second kappa shape index (κ2) is 4.76. The number of rotatable bonds is 3. The number of nitrogens with two attached hydrogens (primary N) is 1. The minimum absolute atomic E-state index is 0.0960. The second-order valence-electron chi connectivity index (χ2n) is 5.07. The summed E-state index contributed by atoms with van der Waals surface area (Å²) in [5.41, 5.74) is 4.04. The molecule has 1 fully saturated rings. The zero-order chi connectivity index (χ0) is 12.6. The van der Waals surface area contributed by atoms with Crippen LogP contribution in [0.1, 0.15) is 32.4 Å². The predicted molar refractivity (Wildman–Crippen MR) is 65.9 cm³/mol. The van der Waals surface area contributed by atoms with E-state index in [4.69, 9.17) is 10.6 Å². The van der Waals surface area contributed by atoms with Gasteiger partial charge in [0.15, 0.2) is 0 Å². The highest BCUT2D eigenvalue weighted by atomic mass is 16.5. The lowest BCUT2D eigenvalue weighted by Crippen LogP contribution is -2.38. The van der Waals surface area contributed by atoms with Crippen molar-refractivity contribution in [3.05, 3.63) is 18.0 Å². The van der Waals surface area contributed by atoms with E-state index in [-0.39, 0.29) is 18.2 Å². The number of hydrogen-bond donors (Lipinski definition) is 2. The molecule has 0 radical (unpaired) electrons. The van der Waals surface area contributed by atoms with Crippen LogP contribution in [0.5, 0.6) is 0 Å². The molecule has 1 saturated heterocycles. The van der Waals surface area contributed by atoms with Crippen molar-refractivity contribution in [2.75, 3.05) is 0 Å². The molecule has 0 saturated carbocycles. The molecule has 2 rings (SSSR count). The largest absolute Gasteiger partial charge is 0.375 e. The Hall–Kier alpha value is -0.910. The molecular weight excluding hydrogens is 216 g/mol. The second-order valence-corrected chi connectivity index (χ2v) is 5.07. The van der Waals surface area contributed by atoms with Crippen molar-refractivity contribution in [2.45, 2.75) is 39.0 Å². The Bertz CT molecular complexity index is 378. The third kappa shape index (κ3) is 2.22. The van der Waals surface area contributed by atoms with Gasteiger partial charge in [-0.3, -0.25) is 16.0 Å². The normalized spacial score (nSPS) is 35.1. The maximum atomic E-state index is 5.87. The molecular formula is C12H22N4O. The van der Waals surface area contributed by atoms with Crippen LogP contribution in [0.2, 0.25) is 0 Å². The summed E-state index contributed by atoms with van der Waals surface area (Å²) in [5, 5.41) is 4.21. The van der Waals surface area contributed by atoms with Gasteiger partial charge in [-0.25, -0.2) is 0 Å². The van der Waals surface area contributed by atoms with Gasteiger partial charge in [-0.05, 0) is 19.8 Å². The molecule has 0 aliphatic carbocycles. The van der Waals surface area contributed by atoms with Gasteiger partial charge in [0.1, 0.15) is 0 Å². The first-order chi connectivity index (χ1) is 8.04. The van der Waals surface area contributed by atoms with Gasteiger partial charge in [-0.1, -0.05) is 6.92 Å². The molecule has 17 heavy (non-hydrogen) atoms. The van der Waals surface area contributed by atoms with Crippen LogP contribution in [0.25, 0.3) is 0 Å². The highest BCUT2D eigenvalue weighted by Crippen LogP contribution is 2.39. The molecule has 1 aromatic rings. The molecule has 0 amide bonds. The summed E-state index contributed by atoms with van der Waals surface area (Å²) in [5.74, 6) is 6.57. The molecule has 1 aliphatic heterocycles. The summed E-state index contributed by atoms with van der Waals surface area (Å²) < 4.78 is 7.67. The molecule has 0 aromatic carbocycles. The smallest absolute Gasteiger partial charge is 0.0601 e. The maximum absolute atomic E-state index is 5.87. The summed E-state index contributed by atoms with van der Waals surface area (Å²) in [4.78, 5) is 0.